The highest BCUT2D eigenvalue weighted by molar-refractivity contribution is 7.99. The second kappa shape index (κ2) is 8.88. The topological polar surface area (TPSA) is 67.6 Å². The number of hydrogen-bond acceptors (Lipinski definition) is 7. The molecule has 1 heterocycles. The summed E-state index contributed by atoms with van der Waals surface area (Å²) in [6, 6.07) is 11.5. The van der Waals surface area contributed by atoms with E-state index in [0.29, 0.717) is 23.1 Å². The summed E-state index contributed by atoms with van der Waals surface area (Å²) < 4.78 is 23.7. The highest BCUT2D eigenvalue weighted by Gasteiger charge is 2.20. The van der Waals surface area contributed by atoms with E-state index in [1.54, 1.807) is 40.2 Å². The lowest BCUT2D eigenvalue weighted by atomic mass is 10.1. The van der Waals surface area contributed by atoms with Gasteiger partial charge in [0.15, 0.2) is 22.5 Å². The molecule has 0 N–H and O–H groups in total. The van der Waals surface area contributed by atoms with Crippen LogP contribution in [0, 0.1) is 0 Å². The molecule has 0 radical (unpaired) electrons. The Kier molecular flexibility index (Phi) is 6.30. The fraction of sp³-hybridized carbons (Fsp3) is 0.300. The minimum atomic E-state index is 0.535. The summed E-state index contributed by atoms with van der Waals surface area (Å²) in [5, 5.41) is 9.63. The first-order valence-corrected chi connectivity index (χ1v) is 9.68. The van der Waals surface area contributed by atoms with E-state index in [1.807, 2.05) is 41.0 Å². The second-order valence-electron chi connectivity index (χ2n) is 5.69. The standard InChI is InChI=1S/C20H23N3O4S/c1-6-28-20-22-21-19(23(20)14-7-9-15(24-2)10-8-14)13-11-16(25-3)18(27-5)17(12-13)26-4/h7-12H,6H2,1-5H3. The molecular formula is C20H23N3O4S. The lowest BCUT2D eigenvalue weighted by Gasteiger charge is -2.15. The van der Waals surface area contributed by atoms with Gasteiger partial charge in [-0.15, -0.1) is 10.2 Å². The van der Waals surface area contributed by atoms with Crippen molar-refractivity contribution in [2.24, 2.45) is 0 Å². The van der Waals surface area contributed by atoms with Gasteiger partial charge in [-0.05, 0) is 42.2 Å². The molecule has 0 saturated heterocycles. The summed E-state index contributed by atoms with van der Waals surface area (Å²) in [6.45, 7) is 2.08. The first kappa shape index (κ1) is 19.9. The first-order chi connectivity index (χ1) is 13.7. The maximum atomic E-state index is 5.49. The smallest absolute Gasteiger partial charge is 0.203 e. The van der Waals surface area contributed by atoms with Gasteiger partial charge in [0.1, 0.15) is 5.75 Å². The number of thioether (sulfide) groups is 1. The fourth-order valence-electron chi connectivity index (χ4n) is 2.85. The van der Waals surface area contributed by atoms with Gasteiger partial charge in [-0.1, -0.05) is 18.7 Å². The van der Waals surface area contributed by atoms with Crippen LogP contribution in [0.15, 0.2) is 41.6 Å². The van der Waals surface area contributed by atoms with Crippen LogP contribution in [0.3, 0.4) is 0 Å². The van der Waals surface area contributed by atoms with Gasteiger partial charge in [0.05, 0.1) is 28.4 Å². The number of benzene rings is 2. The van der Waals surface area contributed by atoms with Crippen LogP contribution in [0.25, 0.3) is 17.1 Å². The number of rotatable bonds is 8. The van der Waals surface area contributed by atoms with Crippen molar-refractivity contribution in [1.29, 1.82) is 0 Å². The van der Waals surface area contributed by atoms with E-state index in [0.717, 1.165) is 27.9 Å². The Hall–Kier alpha value is -2.87. The lowest BCUT2D eigenvalue weighted by Crippen LogP contribution is -2.01. The van der Waals surface area contributed by atoms with Crippen molar-refractivity contribution >= 4 is 11.8 Å². The van der Waals surface area contributed by atoms with Crippen molar-refractivity contribution in [1.82, 2.24) is 14.8 Å². The molecule has 7 nitrogen and oxygen atoms in total. The van der Waals surface area contributed by atoms with Crippen LogP contribution in [0.4, 0.5) is 0 Å². The number of hydrogen-bond donors (Lipinski definition) is 0. The highest BCUT2D eigenvalue weighted by Crippen LogP contribution is 2.41. The zero-order chi connectivity index (χ0) is 20.1. The molecule has 0 unspecified atom stereocenters. The Bertz CT molecular complexity index is 916. The molecule has 148 valence electrons. The second-order valence-corrected chi connectivity index (χ2v) is 6.92. The van der Waals surface area contributed by atoms with E-state index in [1.165, 1.54) is 0 Å². The molecule has 0 atom stereocenters. The van der Waals surface area contributed by atoms with E-state index in [9.17, 15) is 0 Å². The summed E-state index contributed by atoms with van der Waals surface area (Å²) >= 11 is 1.62. The minimum absolute atomic E-state index is 0.535. The zero-order valence-corrected chi connectivity index (χ0v) is 17.4. The van der Waals surface area contributed by atoms with Crippen LogP contribution >= 0.6 is 11.8 Å². The molecule has 0 amide bonds. The third kappa shape index (κ3) is 3.73. The number of nitrogens with zero attached hydrogens (tertiary/aromatic N) is 3. The van der Waals surface area contributed by atoms with Gasteiger partial charge in [-0.25, -0.2) is 0 Å². The Balaban J connectivity index is 2.19. The van der Waals surface area contributed by atoms with E-state index >= 15 is 0 Å². The van der Waals surface area contributed by atoms with Crippen molar-refractivity contribution in [2.75, 3.05) is 34.2 Å². The molecule has 3 aromatic rings. The minimum Gasteiger partial charge on any atom is -0.497 e. The van der Waals surface area contributed by atoms with Gasteiger partial charge < -0.3 is 18.9 Å². The normalized spacial score (nSPS) is 10.6. The summed E-state index contributed by atoms with van der Waals surface area (Å²) in [6.07, 6.45) is 0. The number of methoxy groups -OCH3 is 4. The molecular weight excluding hydrogens is 378 g/mol. The van der Waals surface area contributed by atoms with Crippen LogP contribution in [0.5, 0.6) is 23.0 Å². The van der Waals surface area contributed by atoms with Crippen molar-refractivity contribution in [3.63, 3.8) is 0 Å². The van der Waals surface area contributed by atoms with Gasteiger partial charge in [0.25, 0.3) is 0 Å². The van der Waals surface area contributed by atoms with Gasteiger partial charge in [-0.2, -0.15) is 0 Å². The van der Waals surface area contributed by atoms with E-state index in [2.05, 4.69) is 17.1 Å². The summed E-state index contributed by atoms with van der Waals surface area (Å²) in [4.78, 5) is 0. The molecule has 0 saturated carbocycles. The maximum absolute atomic E-state index is 5.49. The molecule has 0 aliphatic rings. The third-order valence-electron chi connectivity index (χ3n) is 4.16. The molecule has 2 aromatic carbocycles. The van der Waals surface area contributed by atoms with Crippen LogP contribution in [0.1, 0.15) is 6.92 Å². The summed E-state index contributed by atoms with van der Waals surface area (Å²) in [5.74, 6) is 4.00. The fourth-order valence-corrected chi connectivity index (χ4v) is 3.53. The monoisotopic (exact) mass is 401 g/mol. The number of aromatic nitrogens is 3. The summed E-state index contributed by atoms with van der Waals surface area (Å²) in [5.41, 5.74) is 1.74. The molecule has 3 rings (SSSR count). The van der Waals surface area contributed by atoms with Crippen molar-refractivity contribution in [2.45, 2.75) is 12.1 Å². The SMILES string of the molecule is CCSc1nnc(-c2cc(OC)c(OC)c(OC)c2)n1-c1ccc(OC)cc1. The average Bonchev–Trinajstić information content (AvgIpc) is 3.16. The molecule has 1 aromatic heterocycles. The van der Waals surface area contributed by atoms with E-state index in [4.69, 9.17) is 18.9 Å². The average molecular weight is 401 g/mol. The number of ether oxygens (including phenoxy) is 4. The van der Waals surface area contributed by atoms with Crippen LogP contribution < -0.4 is 18.9 Å². The van der Waals surface area contributed by atoms with Crippen molar-refractivity contribution < 1.29 is 18.9 Å². The van der Waals surface area contributed by atoms with Crippen molar-refractivity contribution in [3.8, 4) is 40.1 Å². The Labute approximate surface area is 168 Å². The van der Waals surface area contributed by atoms with Crippen LogP contribution in [0.2, 0.25) is 0 Å². The highest BCUT2D eigenvalue weighted by atomic mass is 32.2. The summed E-state index contributed by atoms with van der Waals surface area (Å²) in [7, 11) is 6.41. The maximum Gasteiger partial charge on any atom is 0.203 e. The quantitative estimate of drug-likeness (QED) is 0.527. The molecule has 0 aliphatic heterocycles. The molecule has 8 heteroatoms. The first-order valence-electron chi connectivity index (χ1n) is 8.69. The molecule has 0 bridgehead atoms. The van der Waals surface area contributed by atoms with Crippen molar-refractivity contribution in [3.05, 3.63) is 36.4 Å². The zero-order valence-electron chi connectivity index (χ0n) is 16.6. The Morgan fingerprint density at radius 1 is 0.857 bits per heavy atom. The van der Waals surface area contributed by atoms with E-state index < -0.39 is 0 Å². The molecule has 0 aliphatic carbocycles. The van der Waals surface area contributed by atoms with Gasteiger partial charge in [-0.3, -0.25) is 4.57 Å². The van der Waals surface area contributed by atoms with Crippen LogP contribution in [-0.2, 0) is 0 Å². The van der Waals surface area contributed by atoms with Gasteiger partial charge >= 0.3 is 0 Å². The van der Waals surface area contributed by atoms with E-state index in [-0.39, 0.29) is 0 Å². The van der Waals surface area contributed by atoms with Crippen LogP contribution in [-0.4, -0.2) is 49.0 Å². The Morgan fingerprint density at radius 3 is 2.00 bits per heavy atom. The Morgan fingerprint density at radius 2 is 1.50 bits per heavy atom. The lowest BCUT2D eigenvalue weighted by molar-refractivity contribution is 0.324. The molecule has 0 spiro atoms. The predicted molar refractivity (Wildman–Crippen MR) is 109 cm³/mol. The third-order valence-corrected chi connectivity index (χ3v) is 4.97. The van der Waals surface area contributed by atoms with Gasteiger partial charge in [0.2, 0.25) is 5.75 Å². The molecule has 0 fully saturated rings. The predicted octanol–water partition coefficient (Wildman–Crippen LogP) is 4.08. The molecule has 28 heavy (non-hydrogen) atoms. The van der Waals surface area contributed by atoms with Gasteiger partial charge in [0, 0.05) is 11.3 Å². The largest absolute Gasteiger partial charge is 0.497 e.